The number of esters is 1. The molecule has 0 N–H and O–H groups in total. The number of carbonyl (C=O) groups excluding carboxylic acids is 2. The van der Waals surface area contributed by atoms with Crippen molar-refractivity contribution in [1.82, 2.24) is 4.98 Å². The number of methoxy groups -OCH3 is 1. The second-order valence-electron chi connectivity index (χ2n) is 5.20. The number of anilines is 2. The highest BCUT2D eigenvalue weighted by Crippen LogP contribution is 2.35. The summed E-state index contributed by atoms with van der Waals surface area (Å²) in [6.07, 6.45) is 1.40. The highest BCUT2D eigenvalue weighted by atomic mass is 32.1. The van der Waals surface area contributed by atoms with Gasteiger partial charge in [-0.1, -0.05) is 12.1 Å². The Hall–Kier alpha value is -3.13. The highest BCUT2D eigenvalue weighted by molar-refractivity contribution is 7.14. The zero-order valence-electron chi connectivity index (χ0n) is 14.2. The summed E-state index contributed by atoms with van der Waals surface area (Å²) in [5.74, 6) is -0.0933. The maximum atomic E-state index is 12.2. The topological polar surface area (TPSA) is 81.9 Å². The van der Waals surface area contributed by atoms with Gasteiger partial charge in [0.25, 0.3) is 0 Å². The number of nitrogens with zero attached hydrogens (tertiary/aromatic N) is 2. The molecule has 8 heteroatoms. The van der Waals surface area contributed by atoms with Crippen LogP contribution in [-0.2, 0) is 16.1 Å². The van der Waals surface area contributed by atoms with Crippen molar-refractivity contribution in [3.05, 3.63) is 59.5 Å². The van der Waals surface area contributed by atoms with E-state index in [1.807, 2.05) is 12.1 Å². The summed E-state index contributed by atoms with van der Waals surface area (Å²) in [7, 11) is 1.54. The molecule has 0 aliphatic rings. The number of carbonyl (C=O) groups is 2. The number of amides is 1. The number of aromatic nitrogens is 1. The van der Waals surface area contributed by atoms with E-state index < -0.39 is 5.97 Å². The molecule has 0 radical (unpaired) electrons. The van der Waals surface area contributed by atoms with Gasteiger partial charge in [0.2, 0.25) is 11.7 Å². The van der Waals surface area contributed by atoms with Crippen molar-refractivity contribution in [1.29, 1.82) is 0 Å². The van der Waals surface area contributed by atoms with Crippen LogP contribution in [-0.4, -0.2) is 24.0 Å². The van der Waals surface area contributed by atoms with E-state index in [9.17, 15) is 9.59 Å². The fourth-order valence-electron chi connectivity index (χ4n) is 2.29. The maximum Gasteiger partial charge on any atom is 0.374 e. The van der Waals surface area contributed by atoms with Gasteiger partial charge in [0.1, 0.15) is 12.4 Å². The van der Waals surface area contributed by atoms with E-state index in [1.54, 1.807) is 30.7 Å². The molecule has 3 rings (SSSR count). The molecule has 0 unspecified atom stereocenters. The summed E-state index contributed by atoms with van der Waals surface area (Å²) >= 11 is 1.27. The monoisotopic (exact) mass is 372 g/mol. The van der Waals surface area contributed by atoms with Crippen LogP contribution in [0.3, 0.4) is 0 Å². The molecule has 1 amide bonds. The molecule has 0 aliphatic carbocycles. The normalized spacial score (nSPS) is 10.4. The molecule has 1 aromatic carbocycles. The van der Waals surface area contributed by atoms with E-state index in [0.29, 0.717) is 22.3 Å². The van der Waals surface area contributed by atoms with Gasteiger partial charge in [-0.3, -0.25) is 9.69 Å². The van der Waals surface area contributed by atoms with Crippen LogP contribution < -0.4 is 9.64 Å². The summed E-state index contributed by atoms with van der Waals surface area (Å²) in [6, 6.07) is 10.3. The number of ether oxygens (including phenoxy) is 2. The summed E-state index contributed by atoms with van der Waals surface area (Å²) < 4.78 is 15.5. The molecule has 0 atom stereocenters. The lowest BCUT2D eigenvalue weighted by atomic mass is 10.2. The zero-order valence-corrected chi connectivity index (χ0v) is 15.0. The van der Waals surface area contributed by atoms with Gasteiger partial charge < -0.3 is 13.9 Å². The smallest absolute Gasteiger partial charge is 0.374 e. The van der Waals surface area contributed by atoms with E-state index >= 15 is 0 Å². The standard InChI is InChI=1S/C18H16N2O5S/c1-12(21)20(14-6-3-4-7-15(14)23-2)18-19-13(11-26-18)10-25-17(22)16-8-5-9-24-16/h3-9,11H,10H2,1-2H3. The van der Waals surface area contributed by atoms with Crippen LogP contribution in [0, 0.1) is 0 Å². The van der Waals surface area contributed by atoms with Gasteiger partial charge in [-0.05, 0) is 24.3 Å². The van der Waals surface area contributed by atoms with Gasteiger partial charge in [0.05, 0.1) is 24.8 Å². The number of hydrogen-bond donors (Lipinski definition) is 0. The van der Waals surface area contributed by atoms with Crippen molar-refractivity contribution >= 4 is 34.0 Å². The minimum atomic E-state index is -0.572. The van der Waals surface area contributed by atoms with E-state index in [0.717, 1.165) is 0 Å². The van der Waals surface area contributed by atoms with Gasteiger partial charge in [0, 0.05) is 12.3 Å². The Bertz CT molecular complexity index is 904. The van der Waals surface area contributed by atoms with Crippen LogP contribution in [0.4, 0.5) is 10.8 Å². The molecule has 0 fully saturated rings. The Labute approximate surface area is 153 Å². The molecule has 0 aliphatic heterocycles. The predicted molar refractivity (Wildman–Crippen MR) is 95.8 cm³/mol. The second kappa shape index (κ2) is 7.83. The van der Waals surface area contributed by atoms with Crippen LogP contribution in [0.1, 0.15) is 23.2 Å². The summed E-state index contributed by atoms with van der Waals surface area (Å²) in [6.45, 7) is 1.43. The molecule has 3 aromatic rings. The largest absolute Gasteiger partial charge is 0.495 e. The first-order valence-electron chi connectivity index (χ1n) is 7.69. The first-order chi connectivity index (χ1) is 12.6. The van der Waals surface area contributed by atoms with Crippen molar-refractivity contribution in [3.8, 4) is 5.75 Å². The molecule has 2 aromatic heterocycles. The van der Waals surface area contributed by atoms with E-state index in [2.05, 4.69) is 4.98 Å². The van der Waals surface area contributed by atoms with Crippen LogP contribution >= 0.6 is 11.3 Å². The summed E-state index contributed by atoms with van der Waals surface area (Å²) in [4.78, 5) is 29.9. The van der Waals surface area contributed by atoms with Crippen LogP contribution in [0.5, 0.6) is 5.75 Å². The molecule has 134 valence electrons. The minimum absolute atomic E-state index is 0.0201. The highest BCUT2D eigenvalue weighted by Gasteiger charge is 2.21. The number of furan rings is 1. The van der Waals surface area contributed by atoms with Gasteiger partial charge in [-0.25, -0.2) is 9.78 Å². The second-order valence-corrected chi connectivity index (χ2v) is 6.04. The van der Waals surface area contributed by atoms with Gasteiger partial charge >= 0.3 is 5.97 Å². The molecular weight excluding hydrogens is 356 g/mol. The van der Waals surface area contributed by atoms with Gasteiger partial charge in [0.15, 0.2) is 5.13 Å². The molecule has 26 heavy (non-hydrogen) atoms. The Balaban J connectivity index is 1.78. The third-order valence-corrected chi connectivity index (χ3v) is 4.32. The van der Waals surface area contributed by atoms with E-state index in [-0.39, 0.29) is 18.3 Å². The molecular formula is C18H16N2O5S. The van der Waals surface area contributed by atoms with Crippen molar-refractivity contribution in [2.75, 3.05) is 12.0 Å². The molecule has 0 saturated heterocycles. The third kappa shape index (κ3) is 3.75. The average molecular weight is 372 g/mol. The summed E-state index contributed by atoms with van der Waals surface area (Å²) in [5.41, 5.74) is 1.13. The molecule has 2 heterocycles. The summed E-state index contributed by atoms with van der Waals surface area (Å²) in [5, 5.41) is 2.20. The molecule has 0 bridgehead atoms. The number of para-hydroxylation sites is 2. The van der Waals surface area contributed by atoms with E-state index in [4.69, 9.17) is 13.9 Å². The number of benzene rings is 1. The number of thiazole rings is 1. The Morgan fingerprint density at radius 1 is 1.23 bits per heavy atom. The average Bonchev–Trinajstić information content (AvgIpc) is 3.32. The van der Waals surface area contributed by atoms with Gasteiger partial charge in [-0.2, -0.15) is 0 Å². The van der Waals surface area contributed by atoms with E-state index in [1.165, 1.54) is 35.5 Å². The SMILES string of the molecule is COc1ccccc1N(C(C)=O)c1nc(COC(=O)c2ccco2)cs1. The number of rotatable bonds is 6. The fourth-order valence-corrected chi connectivity index (χ4v) is 3.16. The van der Waals surface area contributed by atoms with Gasteiger partial charge in [-0.15, -0.1) is 11.3 Å². The van der Waals surface area contributed by atoms with Crippen molar-refractivity contribution in [2.45, 2.75) is 13.5 Å². The first-order valence-corrected chi connectivity index (χ1v) is 8.57. The molecule has 0 saturated carbocycles. The lowest BCUT2D eigenvalue weighted by molar-refractivity contribution is -0.115. The first kappa shape index (κ1) is 17.7. The maximum absolute atomic E-state index is 12.2. The van der Waals surface area contributed by atoms with Crippen LogP contribution in [0.15, 0.2) is 52.5 Å². The quantitative estimate of drug-likeness (QED) is 0.613. The Morgan fingerprint density at radius 3 is 2.73 bits per heavy atom. The lowest BCUT2D eigenvalue weighted by Gasteiger charge is -2.20. The Morgan fingerprint density at radius 2 is 2.04 bits per heavy atom. The minimum Gasteiger partial charge on any atom is -0.495 e. The third-order valence-electron chi connectivity index (χ3n) is 3.45. The van der Waals surface area contributed by atoms with Crippen molar-refractivity contribution < 1.29 is 23.5 Å². The van der Waals surface area contributed by atoms with Crippen LogP contribution in [0.25, 0.3) is 0 Å². The molecule has 0 spiro atoms. The zero-order chi connectivity index (χ0) is 18.5. The van der Waals surface area contributed by atoms with Crippen molar-refractivity contribution in [3.63, 3.8) is 0 Å². The number of hydrogen-bond acceptors (Lipinski definition) is 7. The fraction of sp³-hybridized carbons (Fsp3) is 0.167. The Kier molecular flexibility index (Phi) is 5.33. The molecule has 7 nitrogen and oxygen atoms in total. The predicted octanol–water partition coefficient (Wildman–Crippen LogP) is 3.79. The van der Waals surface area contributed by atoms with Crippen LogP contribution in [0.2, 0.25) is 0 Å². The van der Waals surface area contributed by atoms with Crippen molar-refractivity contribution in [2.24, 2.45) is 0 Å². The lowest BCUT2D eigenvalue weighted by Crippen LogP contribution is -2.23.